The van der Waals surface area contributed by atoms with Crippen LogP contribution >= 0.6 is 0 Å². The van der Waals surface area contributed by atoms with E-state index in [0.29, 0.717) is 19.3 Å². The largest absolute Gasteiger partial charge is 0.278 e. The first-order chi connectivity index (χ1) is 9.12. The van der Waals surface area contributed by atoms with E-state index in [-0.39, 0.29) is 29.7 Å². The summed E-state index contributed by atoms with van der Waals surface area (Å²) in [5, 5.41) is 8.81. The molecule has 1 spiro atoms. The van der Waals surface area contributed by atoms with E-state index in [2.05, 4.69) is 6.07 Å². The van der Waals surface area contributed by atoms with E-state index in [0.717, 1.165) is 25.7 Å². The zero-order chi connectivity index (χ0) is 13.9. The fourth-order valence-electron chi connectivity index (χ4n) is 3.60. The second-order valence-electron chi connectivity index (χ2n) is 6.00. The maximum Gasteiger partial charge on any atom is 0.230 e. The number of rotatable bonds is 3. The highest BCUT2D eigenvalue weighted by Crippen LogP contribution is 2.45. The zero-order valence-electron chi connectivity index (χ0n) is 11.7. The molecule has 1 saturated heterocycles. The van der Waals surface area contributed by atoms with Gasteiger partial charge in [-0.05, 0) is 24.7 Å². The van der Waals surface area contributed by atoms with Crippen molar-refractivity contribution in [1.29, 1.82) is 5.26 Å². The Morgan fingerprint density at radius 3 is 2.26 bits per heavy atom. The van der Waals surface area contributed by atoms with Crippen molar-refractivity contribution in [1.82, 2.24) is 4.90 Å². The lowest BCUT2D eigenvalue weighted by molar-refractivity contribution is -0.157. The van der Waals surface area contributed by atoms with E-state index in [4.69, 9.17) is 5.26 Å². The number of piperidine rings is 1. The van der Waals surface area contributed by atoms with Gasteiger partial charge in [-0.25, -0.2) is 0 Å². The molecule has 0 radical (unpaired) electrons. The molecule has 4 heteroatoms. The molecule has 1 unspecified atom stereocenters. The van der Waals surface area contributed by atoms with Gasteiger partial charge in [-0.1, -0.05) is 26.2 Å². The first kappa shape index (κ1) is 14.0. The van der Waals surface area contributed by atoms with Gasteiger partial charge in [0.15, 0.2) is 0 Å². The average molecular weight is 262 g/mol. The minimum absolute atomic E-state index is 0.0553. The van der Waals surface area contributed by atoms with Crippen LogP contribution in [0.3, 0.4) is 0 Å². The van der Waals surface area contributed by atoms with Gasteiger partial charge in [0.05, 0.1) is 18.5 Å². The first-order valence-corrected chi connectivity index (χ1v) is 7.34. The van der Waals surface area contributed by atoms with Gasteiger partial charge in [-0.15, -0.1) is 0 Å². The third-order valence-corrected chi connectivity index (χ3v) is 4.67. The van der Waals surface area contributed by atoms with E-state index < -0.39 is 0 Å². The number of nitrogens with zero attached hydrogens (tertiary/aromatic N) is 2. The first-order valence-electron chi connectivity index (χ1n) is 7.34. The molecule has 1 aliphatic heterocycles. The molecule has 0 aromatic carbocycles. The Kier molecular flexibility index (Phi) is 4.24. The normalized spacial score (nSPS) is 24.3. The Hall–Kier alpha value is -1.37. The SMILES string of the molecule is CCC(CC#N)N1C(=O)CC2(CCCCC2)CC1=O. The van der Waals surface area contributed by atoms with E-state index in [1.807, 2.05) is 6.92 Å². The quantitative estimate of drug-likeness (QED) is 0.735. The molecule has 0 aromatic heterocycles. The molecule has 0 aromatic rings. The number of nitriles is 1. The molecule has 2 fully saturated rings. The van der Waals surface area contributed by atoms with Gasteiger partial charge in [-0.3, -0.25) is 14.5 Å². The van der Waals surface area contributed by atoms with Gasteiger partial charge in [0, 0.05) is 12.8 Å². The third-order valence-electron chi connectivity index (χ3n) is 4.67. The van der Waals surface area contributed by atoms with Crippen LogP contribution in [0.1, 0.15) is 64.7 Å². The predicted octanol–water partition coefficient (Wildman–Crippen LogP) is 2.78. The summed E-state index contributed by atoms with van der Waals surface area (Å²) < 4.78 is 0. The molecule has 2 amide bonds. The van der Waals surface area contributed by atoms with Crippen LogP contribution in [0.25, 0.3) is 0 Å². The Morgan fingerprint density at radius 2 is 1.79 bits per heavy atom. The van der Waals surface area contributed by atoms with Crippen molar-refractivity contribution < 1.29 is 9.59 Å². The van der Waals surface area contributed by atoms with E-state index in [1.54, 1.807) is 0 Å². The maximum atomic E-state index is 12.3. The van der Waals surface area contributed by atoms with Crippen molar-refractivity contribution in [3.8, 4) is 6.07 Å². The van der Waals surface area contributed by atoms with Crippen molar-refractivity contribution in [3.05, 3.63) is 0 Å². The highest BCUT2D eigenvalue weighted by Gasteiger charge is 2.45. The summed E-state index contributed by atoms with van der Waals surface area (Å²) in [6, 6.07) is 1.85. The molecule has 2 rings (SSSR count). The van der Waals surface area contributed by atoms with Crippen LogP contribution in [0, 0.1) is 16.7 Å². The number of hydrogen-bond donors (Lipinski definition) is 0. The van der Waals surface area contributed by atoms with Gasteiger partial charge in [0.25, 0.3) is 0 Å². The molecular formula is C15H22N2O2. The van der Waals surface area contributed by atoms with Crippen LogP contribution in [0.5, 0.6) is 0 Å². The topological polar surface area (TPSA) is 61.2 Å². The number of amides is 2. The number of carbonyl (C=O) groups is 2. The Bertz CT molecular complexity index is 385. The summed E-state index contributed by atoms with van der Waals surface area (Å²) in [6.45, 7) is 1.92. The molecule has 19 heavy (non-hydrogen) atoms. The van der Waals surface area contributed by atoms with Crippen LogP contribution < -0.4 is 0 Å². The summed E-state index contributed by atoms with van der Waals surface area (Å²) in [7, 11) is 0. The lowest BCUT2D eigenvalue weighted by Crippen LogP contribution is -2.52. The Balaban J connectivity index is 2.12. The fourth-order valence-corrected chi connectivity index (χ4v) is 3.60. The summed E-state index contributed by atoms with van der Waals surface area (Å²) in [5.74, 6) is -0.111. The molecule has 1 saturated carbocycles. The lowest BCUT2D eigenvalue weighted by Gasteiger charge is -2.44. The maximum absolute atomic E-state index is 12.3. The molecule has 1 aliphatic carbocycles. The third kappa shape index (κ3) is 2.80. The molecule has 2 aliphatic rings. The van der Waals surface area contributed by atoms with Gasteiger partial charge < -0.3 is 0 Å². The second-order valence-corrected chi connectivity index (χ2v) is 6.00. The second kappa shape index (κ2) is 5.73. The van der Waals surface area contributed by atoms with Gasteiger partial charge in [0.1, 0.15) is 0 Å². The summed E-state index contributed by atoms with van der Waals surface area (Å²) in [6.07, 6.45) is 7.42. The van der Waals surface area contributed by atoms with Crippen LogP contribution in [0.2, 0.25) is 0 Å². The van der Waals surface area contributed by atoms with E-state index in [9.17, 15) is 9.59 Å². The minimum atomic E-state index is -0.231. The van der Waals surface area contributed by atoms with Crippen LogP contribution in [0.15, 0.2) is 0 Å². The van der Waals surface area contributed by atoms with Crippen molar-refractivity contribution in [2.45, 2.75) is 70.8 Å². The van der Waals surface area contributed by atoms with Gasteiger partial charge in [-0.2, -0.15) is 5.26 Å². The lowest BCUT2D eigenvalue weighted by atomic mass is 9.67. The average Bonchev–Trinajstić information content (AvgIpc) is 2.37. The van der Waals surface area contributed by atoms with E-state index >= 15 is 0 Å². The fraction of sp³-hybridized carbons (Fsp3) is 0.800. The smallest absolute Gasteiger partial charge is 0.230 e. The Morgan fingerprint density at radius 1 is 1.21 bits per heavy atom. The highest BCUT2D eigenvalue weighted by molar-refractivity contribution is 5.99. The number of imide groups is 1. The van der Waals surface area contributed by atoms with Crippen molar-refractivity contribution in [3.63, 3.8) is 0 Å². The summed E-state index contributed by atoms with van der Waals surface area (Å²) in [5.41, 5.74) is -0.0617. The highest BCUT2D eigenvalue weighted by atomic mass is 16.2. The van der Waals surface area contributed by atoms with Crippen molar-refractivity contribution >= 4 is 11.8 Å². The van der Waals surface area contributed by atoms with Crippen molar-refractivity contribution in [2.75, 3.05) is 0 Å². The molecule has 1 heterocycles. The summed E-state index contributed by atoms with van der Waals surface area (Å²) >= 11 is 0. The molecule has 1 atom stereocenters. The van der Waals surface area contributed by atoms with Gasteiger partial charge in [0.2, 0.25) is 11.8 Å². The van der Waals surface area contributed by atoms with Crippen LogP contribution in [-0.2, 0) is 9.59 Å². The number of likely N-dealkylation sites (tertiary alicyclic amines) is 1. The van der Waals surface area contributed by atoms with Gasteiger partial charge >= 0.3 is 0 Å². The minimum Gasteiger partial charge on any atom is -0.278 e. The Labute approximate surface area is 114 Å². The molecule has 0 N–H and O–H groups in total. The predicted molar refractivity (Wildman–Crippen MR) is 70.9 cm³/mol. The zero-order valence-corrected chi connectivity index (χ0v) is 11.7. The standard InChI is InChI=1S/C15H22N2O2/c1-2-12(6-9-16)17-13(18)10-15(11-14(17)19)7-4-3-5-8-15/h12H,2-8,10-11H2,1H3. The molecule has 104 valence electrons. The monoisotopic (exact) mass is 262 g/mol. The molecule has 4 nitrogen and oxygen atoms in total. The molecular weight excluding hydrogens is 240 g/mol. The van der Waals surface area contributed by atoms with Crippen molar-refractivity contribution in [2.24, 2.45) is 5.41 Å². The van der Waals surface area contributed by atoms with Crippen LogP contribution in [-0.4, -0.2) is 22.8 Å². The summed E-state index contributed by atoms with van der Waals surface area (Å²) in [4.78, 5) is 26.1. The number of carbonyl (C=O) groups excluding carboxylic acids is 2. The van der Waals surface area contributed by atoms with E-state index in [1.165, 1.54) is 11.3 Å². The van der Waals surface area contributed by atoms with Crippen LogP contribution in [0.4, 0.5) is 0 Å². The molecule has 0 bridgehead atoms. The number of hydrogen-bond acceptors (Lipinski definition) is 3.